The highest BCUT2D eigenvalue weighted by molar-refractivity contribution is 7.26. The maximum absolute atomic E-state index is 4.52. The van der Waals surface area contributed by atoms with Crippen LogP contribution in [0, 0.1) is 0 Å². The normalized spacial score (nSPS) is 12.0. The van der Waals surface area contributed by atoms with Crippen LogP contribution < -0.4 is 0 Å². The minimum absolute atomic E-state index is 1.14. The second-order valence-electron chi connectivity index (χ2n) is 17.4. The van der Waals surface area contributed by atoms with Gasteiger partial charge in [-0.15, -0.1) is 11.3 Å². The van der Waals surface area contributed by atoms with Gasteiger partial charge in [-0.05, 0) is 132 Å². The number of nitrogens with zero attached hydrogens (tertiary/aromatic N) is 1. The first-order chi connectivity index (χ1) is 33.2. The first-order valence-electron chi connectivity index (χ1n) is 23.1. The smallest absolute Gasteiger partial charge is 0.0541 e. The number of para-hydroxylation sites is 2. The van der Waals surface area contributed by atoms with Gasteiger partial charge < -0.3 is 4.57 Å². The zero-order valence-electron chi connectivity index (χ0n) is 37.0. The minimum atomic E-state index is 1.14. The fourth-order valence-electron chi connectivity index (χ4n) is 11.1. The van der Waals surface area contributed by atoms with Gasteiger partial charge in [0, 0.05) is 42.2 Å². The van der Waals surface area contributed by atoms with Gasteiger partial charge in [0.2, 0.25) is 0 Å². The van der Waals surface area contributed by atoms with Crippen LogP contribution >= 0.6 is 11.3 Å². The summed E-state index contributed by atoms with van der Waals surface area (Å²) < 4.78 is 4.95. The zero-order valence-corrected chi connectivity index (χ0v) is 37.8. The molecule has 0 fully saturated rings. The largest absolute Gasteiger partial charge is 0.309 e. The number of hydrogen-bond donors (Lipinski definition) is 0. The molecule has 2 aromatic heterocycles. The maximum atomic E-state index is 4.52. The summed E-state index contributed by atoms with van der Waals surface area (Å²) >= 11 is 1.89. The second kappa shape index (κ2) is 15.7. The highest BCUT2D eigenvalue weighted by Gasteiger charge is 2.23. The van der Waals surface area contributed by atoms with Crippen molar-refractivity contribution >= 4 is 97.8 Å². The average molecular weight is 870 g/mol. The number of benzene rings is 11. The van der Waals surface area contributed by atoms with Crippen molar-refractivity contribution in [2.75, 3.05) is 0 Å². The van der Waals surface area contributed by atoms with E-state index in [1.807, 2.05) is 11.3 Å². The van der Waals surface area contributed by atoms with Crippen molar-refractivity contribution < 1.29 is 0 Å². The average Bonchev–Trinajstić information content (AvgIpc) is 3.93. The Kier molecular flexibility index (Phi) is 9.16. The Morgan fingerprint density at radius 2 is 0.896 bits per heavy atom. The van der Waals surface area contributed by atoms with Crippen molar-refractivity contribution in [3.05, 3.63) is 236 Å². The Labute approximate surface area is 393 Å². The maximum Gasteiger partial charge on any atom is 0.0541 e. The second-order valence-corrected chi connectivity index (χ2v) is 18.5. The van der Waals surface area contributed by atoms with E-state index in [-0.39, 0.29) is 0 Å². The minimum Gasteiger partial charge on any atom is -0.309 e. The van der Waals surface area contributed by atoms with Crippen LogP contribution in [0.15, 0.2) is 225 Å². The van der Waals surface area contributed by atoms with E-state index in [4.69, 9.17) is 0 Å². The Balaban J connectivity index is 1.03. The molecule has 2 heterocycles. The van der Waals surface area contributed by atoms with E-state index in [1.54, 1.807) is 0 Å². The molecule has 0 aliphatic heterocycles. The van der Waals surface area contributed by atoms with Gasteiger partial charge in [0.15, 0.2) is 0 Å². The molecule has 0 radical (unpaired) electrons. The molecule has 13 aromatic rings. The van der Waals surface area contributed by atoms with Crippen molar-refractivity contribution in [1.29, 1.82) is 0 Å². The monoisotopic (exact) mass is 869 g/mol. The van der Waals surface area contributed by atoms with Crippen LogP contribution in [-0.4, -0.2) is 4.57 Å². The highest BCUT2D eigenvalue weighted by Crippen LogP contribution is 2.50. The fraction of sp³-hybridized carbons (Fsp3) is 0.0154. The standard InChI is InChI=1S/C65H43NS/c1-3-20-47-45(4-2)62(42-35-37-59-56(39-42)46-25-17-18-34-58(46)66(59)44-23-9-6-10-24-44)52-30-15-16-31-53(52)64(47)55-33-19-32-54-57-40-43(36-38-60(57)67-65(54)55)63-50-28-13-11-26-48(50)61(41-21-7-5-8-22-41)49-27-12-14-29-51(49)63/h3-40H,2H2,1H3/b20-3-. The van der Waals surface area contributed by atoms with E-state index < -0.39 is 0 Å². The summed E-state index contributed by atoms with van der Waals surface area (Å²) in [5.74, 6) is 0. The van der Waals surface area contributed by atoms with Crippen LogP contribution in [0.4, 0.5) is 0 Å². The third-order valence-electron chi connectivity index (χ3n) is 13.9. The molecule has 0 N–H and O–H groups in total. The molecule has 0 saturated heterocycles. The van der Waals surface area contributed by atoms with Gasteiger partial charge in [-0.1, -0.05) is 195 Å². The molecule has 0 aliphatic carbocycles. The van der Waals surface area contributed by atoms with Gasteiger partial charge in [-0.3, -0.25) is 0 Å². The lowest BCUT2D eigenvalue weighted by atomic mass is 9.83. The van der Waals surface area contributed by atoms with Gasteiger partial charge in [0.25, 0.3) is 0 Å². The van der Waals surface area contributed by atoms with Crippen LogP contribution in [-0.2, 0) is 0 Å². The third-order valence-corrected chi connectivity index (χ3v) is 15.1. The molecule has 2 heteroatoms. The van der Waals surface area contributed by atoms with E-state index in [2.05, 4.69) is 249 Å². The van der Waals surface area contributed by atoms with Gasteiger partial charge in [0.05, 0.1) is 11.0 Å². The Bertz CT molecular complexity index is 4110. The molecular weight excluding hydrogens is 827 g/mol. The van der Waals surface area contributed by atoms with E-state index in [0.29, 0.717) is 0 Å². The Hall–Kier alpha value is -8.30. The van der Waals surface area contributed by atoms with E-state index in [9.17, 15) is 0 Å². The van der Waals surface area contributed by atoms with Crippen LogP contribution in [0.1, 0.15) is 18.1 Å². The van der Waals surface area contributed by atoms with E-state index in [1.165, 1.54) is 124 Å². The van der Waals surface area contributed by atoms with Crippen molar-refractivity contribution in [2.24, 2.45) is 0 Å². The summed E-state index contributed by atoms with van der Waals surface area (Å²) in [5.41, 5.74) is 15.7. The molecule has 13 rings (SSSR count). The summed E-state index contributed by atoms with van der Waals surface area (Å²) in [6, 6.07) is 78.2. The number of fused-ring (bicyclic) bond motifs is 9. The summed E-state index contributed by atoms with van der Waals surface area (Å²) in [4.78, 5) is 0. The van der Waals surface area contributed by atoms with Crippen molar-refractivity contribution in [3.8, 4) is 50.2 Å². The number of thiophene rings is 1. The van der Waals surface area contributed by atoms with Crippen LogP contribution in [0.2, 0.25) is 0 Å². The Morgan fingerprint density at radius 1 is 0.388 bits per heavy atom. The number of allylic oxidation sites excluding steroid dienone is 1. The van der Waals surface area contributed by atoms with E-state index >= 15 is 0 Å². The summed E-state index contributed by atoms with van der Waals surface area (Å²) in [6.07, 6.45) is 6.55. The lowest BCUT2D eigenvalue weighted by Crippen LogP contribution is -1.97. The molecule has 1 nitrogen and oxygen atoms in total. The zero-order chi connectivity index (χ0) is 44.6. The summed E-state index contributed by atoms with van der Waals surface area (Å²) in [5, 5.41) is 12.5. The quantitative estimate of drug-likeness (QED) is 0.141. The lowest BCUT2D eigenvalue weighted by molar-refractivity contribution is 1.18. The predicted octanol–water partition coefficient (Wildman–Crippen LogP) is 19.0. The van der Waals surface area contributed by atoms with E-state index in [0.717, 1.165) is 11.3 Å². The number of hydrogen-bond acceptors (Lipinski definition) is 1. The topological polar surface area (TPSA) is 4.93 Å². The summed E-state index contributed by atoms with van der Waals surface area (Å²) in [7, 11) is 0. The van der Waals surface area contributed by atoms with Crippen LogP contribution in [0.5, 0.6) is 0 Å². The third kappa shape index (κ3) is 6.00. The van der Waals surface area contributed by atoms with Crippen molar-refractivity contribution in [3.63, 3.8) is 0 Å². The molecule has 0 unspecified atom stereocenters. The van der Waals surface area contributed by atoms with Gasteiger partial charge in [-0.25, -0.2) is 0 Å². The van der Waals surface area contributed by atoms with Crippen LogP contribution in [0.25, 0.3) is 137 Å². The van der Waals surface area contributed by atoms with Gasteiger partial charge >= 0.3 is 0 Å². The summed E-state index contributed by atoms with van der Waals surface area (Å²) in [6.45, 7) is 6.65. The first kappa shape index (κ1) is 39.1. The molecule has 0 saturated carbocycles. The highest BCUT2D eigenvalue weighted by atomic mass is 32.1. The SMILES string of the molecule is C=Cc1c(/C=C\C)c(-c2cccc3c2sc2ccc(-c4c5ccccc5c(-c5ccccc5)c5ccccc45)cc23)c2ccccc2c1-c1ccc2c(c1)c1ccccc1n2-c1ccccc1. The lowest BCUT2D eigenvalue weighted by Gasteiger charge is -2.21. The molecule has 11 aromatic carbocycles. The molecule has 0 aliphatic rings. The molecular formula is C65H43NS. The molecule has 0 amide bonds. The predicted molar refractivity (Wildman–Crippen MR) is 293 cm³/mol. The number of aromatic nitrogens is 1. The van der Waals surface area contributed by atoms with Gasteiger partial charge in [-0.2, -0.15) is 0 Å². The molecule has 0 atom stereocenters. The Morgan fingerprint density at radius 3 is 1.55 bits per heavy atom. The van der Waals surface area contributed by atoms with Crippen LogP contribution in [0.3, 0.4) is 0 Å². The van der Waals surface area contributed by atoms with Crippen molar-refractivity contribution in [1.82, 2.24) is 4.57 Å². The number of rotatable bonds is 7. The molecule has 314 valence electrons. The first-order valence-corrected chi connectivity index (χ1v) is 23.9. The fourth-order valence-corrected chi connectivity index (χ4v) is 12.3. The van der Waals surface area contributed by atoms with Gasteiger partial charge in [0.1, 0.15) is 0 Å². The molecule has 0 spiro atoms. The molecule has 67 heavy (non-hydrogen) atoms. The molecule has 0 bridgehead atoms. The van der Waals surface area contributed by atoms with Crippen molar-refractivity contribution in [2.45, 2.75) is 6.92 Å².